The van der Waals surface area contributed by atoms with Crippen molar-refractivity contribution in [3.05, 3.63) is 41.0 Å². The second kappa shape index (κ2) is 6.39. The Hall–Kier alpha value is -1.68. The topological polar surface area (TPSA) is 70.4 Å². The summed E-state index contributed by atoms with van der Waals surface area (Å²) in [6.07, 6.45) is 2.57. The van der Waals surface area contributed by atoms with Gasteiger partial charge in [0.1, 0.15) is 0 Å². The molecule has 1 aromatic rings. The average Bonchev–Trinajstić information content (AvgIpc) is 2.48. The van der Waals surface area contributed by atoms with Crippen LogP contribution in [0.25, 0.3) is 0 Å². The SMILES string of the molecule is COCC1=CCN(S(=O)(=O)c2cc(C#N)ccc2C)CC1. The largest absolute Gasteiger partial charge is 0.380 e. The molecule has 0 aliphatic carbocycles. The van der Waals surface area contributed by atoms with Gasteiger partial charge in [0.2, 0.25) is 10.0 Å². The van der Waals surface area contributed by atoms with Gasteiger partial charge in [-0.1, -0.05) is 12.1 Å². The lowest BCUT2D eigenvalue weighted by molar-refractivity contribution is 0.219. The van der Waals surface area contributed by atoms with Crippen LogP contribution in [0.3, 0.4) is 0 Å². The normalized spacial score (nSPS) is 16.3. The Kier molecular flexibility index (Phi) is 4.78. The Morgan fingerprint density at radius 2 is 2.19 bits per heavy atom. The molecule has 0 saturated carbocycles. The maximum Gasteiger partial charge on any atom is 0.243 e. The Balaban J connectivity index is 2.30. The molecule has 0 atom stereocenters. The number of nitrogens with zero attached hydrogens (tertiary/aromatic N) is 2. The number of hydrogen-bond donors (Lipinski definition) is 0. The molecule has 6 heteroatoms. The molecule has 0 spiro atoms. The summed E-state index contributed by atoms with van der Waals surface area (Å²) in [5.74, 6) is 0. The summed E-state index contributed by atoms with van der Waals surface area (Å²) in [4.78, 5) is 0.213. The molecule has 0 radical (unpaired) electrons. The van der Waals surface area contributed by atoms with Crippen LogP contribution in [-0.4, -0.2) is 39.5 Å². The molecule has 0 amide bonds. The van der Waals surface area contributed by atoms with E-state index in [1.807, 2.05) is 12.1 Å². The van der Waals surface area contributed by atoms with Gasteiger partial charge >= 0.3 is 0 Å². The van der Waals surface area contributed by atoms with Gasteiger partial charge in [0.05, 0.1) is 23.1 Å². The van der Waals surface area contributed by atoms with E-state index < -0.39 is 10.0 Å². The molecule has 0 N–H and O–H groups in total. The van der Waals surface area contributed by atoms with Crippen molar-refractivity contribution in [1.29, 1.82) is 5.26 Å². The van der Waals surface area contributed by atoms with Gasteiger partial charge in [-0.15, -0.1) is 0 Å². The van der Waals surface area contributed by atoms with E-state index in [2.05, 4.69) is 0 Å². The fourth-order valence-electron chi connectivity index (χ4n) is 2.31. The summed E-state index contributed by atoms with van der Waals surface area (Å²) in [5, 5.41) is 8.94. The zero-order valence-corrected chi connectivity index (χ0v) is 13.0. The first kappa shape index (κ1) is 15.7. The average molecular weight is 306 g/mol. The minimum absolute atomic E-state index is 0.213. The first-order chi connectivity index (χ1) is 9.98. The quantitative estimate of drug-likeness (QED) is 0.796. The Morgan fingerprint density at radius 3 is 2.76 bits per heavy atom. The highest BCUT2D eigenvalue weighted by Crippen LogP contribution is 2.24. The molecule has 2 rings (SSSR count). The van der Waals surface area contributed by atoms with Crippen LogP contribution in [0, 0.1) is 18.3 Å². The molecule has 1 heterocycles. The molecular weight excluding hydrogens is 288 g/mol. The summed E-state index contributed by atoms with van der Waals surface area (Å²) < 4.78 is 31.9. The maximum absolute atomic E-state index is 12.7. The van der Waals surface area contributed by atoms with E-state index in [4.69, 9.17) is 10.00 Å². The van der Waals surface area contributed by atoms with Crippen LogP contribution in [0.4, 0.5) is 0 Å². The molecule has 112 valence electrons. The van der Waals surface area contributed by atoms with Crippen molar-refractivity contribution in [3.63, 3.8) is 0 Å². The van der Waals surface area contributed by atoms with E-state index in [1.165, 1.54) is 10.4 Å². The second-order valence-corrected chi connectivity index (χ2v) is 6.91. The molecule has 1 aliphatic rings. The van der Waals surface area contributed by atoms with E-state index in [9.17, 15) is 8.42 Å². The van der Waals surface area contributed by atoms with Crippen LogP contribution in [0.15, 0.2) is 34.7 Å². The standard InChI is InChI=1S/C15H18N2O3S/c1-12-3-4-14(10-16)9-15(12)21(18,19)17-7-5-13(6-8-17)11-20-2/h3-5,9H,6-8,11H2,1-2H3. The van der Waals surface area contributed by atoms with Gasteiger partial charge in [-0.05, 0) is 36.6 Å². The van der Waals surface area contributed by atoms with Crippen molar-refractivity contribution in [1.82, 2.24) is 4.31 Å². The van der Waals surface area contributed by atoms with Gasteiger partial charge in [0.15, 0.2) is 0 Å². The lowest BCUT2D eigenvalue weighted by Gasteiger charge is -2.26. The van der Waals surface area contributed by atoms with E-state index in [1.54, 1.807) is 26.2 Å². The van der Waals surface area contributed by atoms with Crippen molar-refractivity contribution in [2.45, 2.75) is 18.2 Å². The number of nitriles is 1. The van der Waals surface area contributed by atoms with E-state index in [-0.39, 0.29) is 4.90 Å². The second-order valence-electron chi connectivity index (χ2n) is 5.00. The van der Waals surface area contributed by atoms with Crippen LogP contribution in [0.1, 0.15) is 17.5 Å². The fourth-order valence-corrected chi connectivity index (χ4v) is 3.95. The molecule has 1 aliphatic heterocycles. The Labute approximate surface area is 125 Å². The molecule has 0 fully saturated rings. The number of aryl methyl sites for hydroxylation is 1. The lowest BCUT2D eigenvalue weighted by atomic mass is 10.1. The van der Waals surface area contributed by atoms with Crippen molar-refractivity contribution in [2.24, 2.45) is 0 Å². The predicted octanol–water partition coefficient (Wildman–Crippen LogP) is 1.83. The molecular formula is C15H18N2O3S. The third-order valence-corrected chi connectivity index (χ3v) is 5.54. The highest BCUT2D eigenvalue weighted by Gasteiger charge is 2.27. The van der Waals surface area contributed by atoms with Crippen LogP contribution in [-0.2, 0) is 14.8 Å². The van der Waals surface area contributed by atoms with Crippen LogP contribution in [0.5, 0.6) is 0 Å². The van der Waals surface area contributed by atoms with Gasteiger partial charge < -0.3 is 4.74 Å². The van der Waals surface area contributed by atoms with Crippen molar-refractivity contribution in [2.75, 3.05) is 26.8 Å². The zero-order valence-electron chi connectivity index (χ0n) is 12.2. The summed E-state index contributed by atoms with van der Waals surface area (Å²) in [6.45, 7) is 3.06. The first-order valence-electron chi connectivity index (χ1n) is 6.67. The van der Waals surface area contributed by atoms with Crippen LogP contribution in [0.2, 0.25) is 0 Å². The molecule has 1 aromatic carbocycles. The smallest absolute Gasteiger partial charge is 0.243 e. The van der Waals surface area contributed by atoms with Gasteiger partial charge in [-0.25, -0.2) is 8.42 Å². The number of benzene rings is 1. The van der Waals surface area contributed by atoms with Crippen molar-refractivity contribution < 1.29 is 13.2 Å². The minimum Gasteiger partial charge on any atom is -0.380 e. The third-order valence-electron chi connectivity index (χ3n) is 3.53. The molecule has 0 bridgehead atoms. The van der Waals surface area contributed by atoms with Gasteiger partial charge in [-0.3, -0.25) is 0 Å². The number of sulfonamides is 1. The molecule has 0 saturated heterocycles. The first-order valence-corrected chi connectivity index (χ1v) is 8.11. The summed E-state index contributed by atoms with van der Waals surface area (Å²) in [5.41, 5.74) is 2.12. The summed E-state index contributed by atoms with van der Waals surface area (Å²) >= 11 is 0. The lowest BCUT2D eigenvalue weighted by Crippen LogP contribution is -2.35. The van der Waals surface area contributed by atoms with Gasteiger partial charge in [0.25, 0.3) is 0 Å². The van der Waals surface area contributed by atoms with E-state index >= 15 is 0 Å². The number of rotatable bonds is 4. The zero-order chi connectivity index (χ0) is 15.5. The number of hydrogen-bond acceptors (Lipinski definition) is 4. The monoisotopic (exact) mass is 306 g/mol. The third kappa shape index (κ3) is 3.32. The van der Waals surface area contributed by atoms with Crippen molar-refractivity contribution in [3.8, 4) is 6.07 Å². The summed E-state index contributed by atoms with van der Waals surface area (Å²) in [7, 11) is -1.94. The van der Waals surface area contributed by atoms with Crippen LogP contribution < -0.4 is 0 Å². The van der Waals surface area contributed by atoms with Gasteiger partial charge in [0, 0.05) is 20.2 Å². The van der Waals surface area contributed by atoms with Gasteiger partial charge in [-0.2, -0.15) is 9.57 Å². The fraction of sp³-hybridized carbons (Fsp3) is 0.400. The molecule has 0 aromatic heterocycles. The van der Waals surface area contributed by atoms with Crippen molar-refractivity contribution >= 4 is 10.0 Å². The molecule has 0 unspecified atom stereocenters. The van der Waals surface area contributed by atoms with Crippen LogP contribution >= 0.6 is 0 Å². The van der Waals surface area contributed by atoms with E-state index in [0.29, 0.717) is 37.2 Å². The predicted molar refractivity (Wildman–Crippen MR) is 79.2 cm³/mol. The molecule has 5 nitrogen and oxygen atoms in total. The minimum atomic E-state index is -3.57. The number of ether oxygens (including phenoxy) is 1. The van der Waals surface area contributed by atoms with E-state index in [0.717, 1.165) is 5.57 Å². The number of methoxy groups -OCH3 is 1. The maximum atomic E-state index is 12.7. The highest BCUT2D eigenvalue weighted by atomic mass is 32.2. The Bertz CT molecular complexity index is 702. The highest BCUT2D eigenvalue weighted by molar-refractivity contribution is 7.89. The Morgan fingerprint density at radius 1 is 1.43 bits per heavy atom. The molecule has 21 heavy (non-hydrogen) atoms. The summed E-state index contributed by atoms with van der Waals surface area (Å²) in [6, 6.07) is 6.72.